The third kappa shape index (κ3) is 4.53. The van der Waals surface area contributed by atoms with E-state index >= 15 is 0 Å². The summed E-state index contributed by atoms with van der Waals surface area (Å²) in [4.78, 5) is 12.3. The van der Waals surface area contributed by atoms with Crippen molar-refractivity contribution >= 4 is 21.6 Å². The summed E-state index contributed by atoms with van der Waals surface area (Å²) in [6.07, 6.45) is 1.64. The maximum absolute atomic E-state index is 12.3. The standard InChI is InChI=1S/C16H21N3O3S/c1-2-10-23(21,22)19-8-6-14(7-9-19)16(20)18-15-5-3-4-13(11-15)12-17/h3-5,11,14H,2,6-10H2,1H3,(H,18,20). The molecule has 0 spiro atoms. The van der Waals surface area contributed by atoms with Gasteiger partial charge in [-0.25, -0.2) is 12.7 Å². The molecule has 0 bridgehead atoms. The van der Waals surface area contributed by atoms with E-state index in [1.54, 1.807) is 24.3 Å². The fourth-order valence-electron chi connectivity index (χ4n) is 2.69. The van der Waals surface area contributed by atoms with Gasteiger partial charge in [0.25, 0.3) is 0 Å². The molecule has 6 nitrogen and oxygen atoms in total. The highest BCUT2D eigenvalue weighted by Crippen LogP contribution is 2.22. The van der Waals surface area contributed by atoms with E-state index in [4.69, 9.17) is 5.26 Å². The van der Waals surface area contributed by atoms with Gasteiger partial charge >= 0.3 is 0 Å². The number of sulfonamides is 1. The Balaban J connectivity index is 1.92. The summed E-state index contributed by atoms with van der Waals surface area (Å²) in [5, 5.41) is 11.7. The minimum Gasteiger partial charge on any atom is -0.326 e. The molecule has 0 aliphatic carbocycles. The molecule has 0 atom stereocenters. The zero-order valence-corrected chi connectivity index (χ0v) is 14.0. The Hall–Kier alpha value is -1.91. The van der Waals surface area contributed by atoms with Crippen LogP contribution in [0.1, 0.15) is 31.7 Å². The molecule has 1 N–H and O–H groups in total. The molecule has 7 heteroatoms. The molecule has 1 aromatic carbocycles. The zero-order valence-electron chi connectivity index (χ0n) is 13.2. The van der Waals surface area contributed by atoms with Crippen molar-refractivity contribution in [1.82, 2.24) is 4.31 Å². The van der Waals surface area contributed by atoms with E-state index in [1.807, 2.05) is 13.0 Å². The van der Waals surface area contributed by atoms with Crippen molar-refractivity contribution in [3.05, 3.63) is 29.8 Å². The summed E-state index contributed by atoms with van der Waals surface area (Å²) >= 11 is 0. The van der Waals surface area contributed by atoms with E-state index in [9.17, 15) is 13.2 Å². The third-order valence-corrected chi connectivity index (χ3v) is 6.02. The predicted octanol–water partition coefficient (Wildman–Crippen LogP) is 1.95. The average molecular weight is 335 g/mol. The smallest absolute Gasteiger partial charge is 0.227 e. The maximum Gasteiger partial charge on any atom is 0.227 e. The van der Waals surface area contributed by atoms with Gasteiger partial charge in [0.2, 0.25) is 15.9 Å². The van der Waals surface area contributed by atoms with Crippen LogP contribution < -0.4 is 5.32 Å². The SMILES string of the molecule is CCCS(=O)(=O)N1CCC(C(=O)Nc2cccc(C#N)c2)CC1. The number of rotatable bonds is 5. The second-order valence-electron chi connectivity index (χ2n) is 5.67. The maximum atomic E-state index is 12.3. The van der Waals surface area contributed by atoms with Crippen molar-refractivity contribution in [3.63, 3.8) is 0 Å². The van der Waals surface area contributed by atoms with E-state index in [-0.39, 0.29) is 17.6 Å². The Morgan fingerprint density at radius 2 is 2.09 bits per heavy atom. The number of carbonyl (C=O) groups excluding carboxylic acids is 1. The van der Waals surface area contributed by atoms with E-state index in [1.165, 1.54) is 4.31 Å². The fourth-order valence-corrected chi connectivity index (χ4v) is 4.24. The summed E-state index contributed by atoms with van der Waals surface area (Å²) in [7, 11) is -3.18. The Morgan fingerprint density at radius 1 is 1.39 bits per heavy atom. The molecule has 1 aliphatic rings. The molecule has 1 saturated heterocycles. The van der Waals surface area contributed by atoms with Gasteiger partial charge in [0.15, 0.2) is 0 Å². The number of piperidine rings is 1. The Labute approximate surface area is 137 Å². The molecule has 0 radical (unpaired) electrons. The number of nitrogens with zero attached hydrogens (tertiary/aromatic N) is 2. The number of benzene rings is 1. The van der Waals surface area contributed by atoms with Gasteiger partial charge in [0.05, 0.1) is 17.4 Å². The van der Waals surface area contributed by atoms with Gasteiger partial charge in [0, 0.05) is 24.7 Å². The number of amides is 1. The number of nitrogens with one attached hydrogen (secondary N) is 1. The molecule has 0 saturated carbocycles. The monoisotopic (exact) mass is 335 g/mol. The predicted molar refractivity (Wildman–Crippen MR) is 88.2 cm³/mol. The Kier molecular flexibility index (Phi) is 5.74. The molecular weight excluding hydrogens is 314 g/mol. The number of hydrogen-bond donors (Lipinski definition) is 1. The summed E-state index contributed by atoms with van der Waals surface area (Å²) in [5.74, 6) is -0.161. The van der Waals surface area contributed by atoms with Crippen LogP contribution in [0.15, 0.2) is 24.3 Å². The van der Waals surface area contributed by atoms with Gasteiger partial charge in [-0.1, -0.05) is 13.0 Å². The first-order valence-corrected chi connectivity index (χ1v) is 9.36. The van der Waals surface area contributed by atoms with Crippen LogP contribution in [0.25, 0.3) is 0 Å². The normalized spacial score (nSPS) is 16.7. The quantitative estimate of drug-likeness (QED) is 0.890. The fraction of sp³-hybridized carbons (Fsp3) is 0.500. The molecule has 2 rings (SSSR count). The lowest BCUT2D eigenvalue weighted by molar-refractivity contribution is -0.120. The highest BCUT2D eigenvalue weighted by atomic mass is 32.2. The third-order valence-electron chi connectivity index (χ3n) is 3.94. The second kappa shape index (κ2) is 7.57. The van der Waals surface area contributed by atoms with Gasteiger partial charge < -0.3 is 5.32 Å². The lowest BCUT2D eigenvalue weighted by atomic mass is 9.97. The van der Waals surface area contributed by atoms with Gasteiger partial charge in [-0.15, -0.1) is 0 Å². The Bertz CT molecular complexity index is 702. The molecule has 1 amide bonds. The average Bonchev–Trinajstić information content (AvgIpc) is 2.55. The lowest BCUT2D eigenvalue weighted by Gasteiger charge is -2.30. The number of carbonyl (C=O) groups is 1. The van der Waals surface area contributed by atoms with Crippen LogP contribution in [0.3, 0.4) is 0 Å². The molecule has 124 valence electrons. The van der Waals surface area contributed by atoms with Crippen LogP contribution >= 0.6 is 0 Å². The number of nitriles is 1. The first-order chi connectivity index (χ1) is 11.0. The summed E-state index contributed by atoms with van der Waals surface area (Å²) in [5.41, 5.74) is 1.08. The van der Waals surface area contributed by atoms with Gasteiger partial charge in [0.1, 0.15) is 0 Å². The summed E-state index contributed by atoms with van der Waals surface area (Å²) in [6.45, 7) is 2.62. The minimum atomic E-state index is -3.18. The second-order valence-corrected chi connectivity index (χ2v) is 7.76. The first kappa shape index (κ1) is 17.4. The number of anilines is 1. The molecule has 23 heavy (non-hydrogen) atoms. The Morgan fingerprint density at radius 3 is 2.70 bits per heavy atom. The molecule has 1 aromatic rings. The van der Waals surface area contributed by atoms with E-state index in [0.29, 0.717) is 43.6 Å². The van der Waals surface area contributed by atoms with E-state index < -0.39 is 10.0 Å². The largest absolute Gasteiger partial charge is 0.326 e. The van der Waals surface area contributed by atoms with Crippen molar-refractivity contribution in [1.29, 1.82) is 5.26 Å². The molecular formula is C16H21N3O3S. The summed E-state index contributed by atoms with van der Waals surface area (Å²) < 4.78 is 25.5. The van der Waals surface area contributed by atoms with Gasteiger partial charge in [-0.3, -0.25) is 4.79 Å². The van der Waals surface area contributed by atoms with Gasteiger partial charge in [-0.2, -0.15) is 5.26 Å². The molecule has 1 aliphatic heterocycles. The topological polar surface area (TPSA) is 90.3 Å². The molecule has 0 unspecified atom stereocenters. The number of hydrogen-bond acceptors (Lipinski definition) is 4. The van der Waals surface area contributed by atoms with Crippen LogP contribution in [0.4, 0.5) is 5.69 Å². The van der Waals surface area contributed by atoms with Crippen LogP contribution in [-0.4, -0.2) is 37.5 Å². The van der Waals surface area contributed by atoms with Crippen molar-refractivity contribution in [2.24, 2.45) is 5.92 Å². The van der Waals surface area contributed by atoms with E-state index in [0.717, 1.165) is 0 Å². The van der Waals surface area contributed by atoms with Crippen molar-refractivity contribution in [2.45, 2.75) is 26.2 Å². The zero-order chi connectivity index (χ0) is 16.9. The van der Waals surface area contributed by atoms with E-state index in [2.05, 4.69) is 5.32 Å². The molecule has 1 fully saturated rings. The highest BCUT2D eigenvalue weighted by molar-refractivity contribution is 7.89. The van der Waals surface area contributed by atoms with Crippen LogP contribution in [-0.2, 0) is 14.8 Å². The van der Waals surface area contributed by atoms with Crippen LogP contribution in [0.5, 0.6) is 0 Å². The first-order valence-electron chi connectivity index (χ1n) is 7.75. The minimum absolute atomic E-state index is 0.118. The van der Waals surface area contributed by atoms with Crippen LogP contribution in [0, 0.1) is 17.2 Å². The summed E-state index contributed by atoms with van der Waals surface area (Å²) in [6, 6.07) is 8.78. The van der Waals surface area contributed by atoms with Crippen molar-refractivity contribution in [3.8, 4) is 6.07 Å². The lowest BCUT2D eigenvalue weighted by Crippen LogP contribution is -2.42. The van der Waals surface area contributed by atoms with Gasteiger partial charge in [-0.05, 0) is 37.5 Å². The van der Waals surface area contributed by atoms with Crippen molar-refractivity contribution < 1.29 is 13.2 Å². The highest BCUT2D eigenvalue weighted by Gasteiger charge is 2.30. The molecule has 1 heterocycles. The molecule has 0 aromatic heterocycles. The van der Waals surface area contributed by atoms with Crippen molar-refractivity contribution in [2.75, 3.05) is 24.2 Å². The van der Waals surface area contributed by atoms with Crippen LogP contribution in [0.2, 0.25) is 0 Å².